The van der Waals surface area contributed by atoms with E-state index >= 15 is 0 Å². The summed E-state index contributed by atoms with van der Waals surface area (Å²) in [5, 5.41) is 7.45. The van der Waals surface area contributed by atoms with Crippen LogP contribution in [-0.4, -0.2) is 23.8 Å². The van der Waals surface area contributed by atoms with Gasteiger partial charge in [0.2, 0.25) is 0 Å². The summed E-state index contributed by atoms with van der Waals surface area (Å²) in [7, 11) is 2.00. The first-order valence-electron chi connectivity index (χ1n) is 6.14. The van der Waals surface area contributed by atoms with Gasteiger partial charge in [-0.25, -0.2) is 4.98 Å². The molecule has 0 fully saturated rings. The van der Waals surface area contributed by atoms with Crippen LogP contribution in [0.5, 0.6) is 0 Å². The van der Waals surface area contributed by atoms with Crippen LogP contribution in [0.1, 0.15) is 10.7 Å². The smallest absolute Gasteiger partial charge is 0.0943 e. The van der Waals surface area contributed by atoms with Crippen molar-refractivity contribution >= 4 is 34.7 Å². The number of aromatic nitrogens is 1. The number of thiazole rings is 1. The molecule has 1 unspecified atom stereocenters. The second kappa shape index (κ2) is 7.29. The maximum absolute atomic E-state index is 5.99. The fourth-order valence-corrected chi connectivity index (χ4v) is 3.88. The number of nitrogens with one attached hydrogen (secondary N) is 1. The van der Waals surface area contributed by atoms with Gasteiger partial charge < -0.3 is 5.32 Å². The number of hydrogen-bond donors (Lipinski definition) is 1. The van der Waals surface area contributed by atoms with Crippen LogP contribution >= 0.6 is 34.7 Å². The van der Waals surface area contributed by atoms with Crippen LogP contribution in [0, 0.1) is 6.92 Å². The largest absolute Gasteiger partial charge is 0.316 e. The van der Waals surface area contributed by atoms with Gasteiger partial charge in [0.15, 0.2) is 0 Å². The van der Waals surface area contributed by atoms with Crippen LogP contribution in [0.2, 0.25) is 5.02 Å². The molecule has 0 saturated carbocycles. The molecule has 102 valence electrons. The number of rotatable bonds is 6. The first-order valence-corrected chi connectivity index (χ1v) is 8.38. The lowest BCUT2D eigenvalue weighted by atomic mass is 10.2. The number of aryl methyl sites for hydroxylation is 1. The normalized spacial score (nSPS) is 12.6. The third-order valence-electron chi connectivity index (χ3n) is 2.74. The topological polar surface area (TPSA) is 24.9 Å². The summed E-state index contributed by atoms with van der Waals surface area (Å²) < 4.78 is 0. The van der Waals surface area contributed by atoms with Crippen LogP contribution < -0.4 is 5.32 Å². The first kappa shape index (κ1) is 14.9. The predicted molar refractivity (Wildman–Crippen MR) is 85.6 cm³/mol. The molecule has 1 heterocycles. The Balaban J connectivity index is 1.89. The monoisotopic (exact) mass is 312 g/mol. The van der Waals surface area contributed by atoms with Crippen molar-refractivity contribution in [2.45, 2.75) is 24.3 Å². The molecule has 1 aromatic carbocycles. The number of halogens is 1. The van der Waals surface area contributed by atoms with Gasteiger partial charge in [0.1, 0.15) is 0 Å². The molecular weight excluding hydrogens is 296 g/mol. The van der Waals surface area contributed by atoms with Gasteiger partial charge >= 0.3 is 0 Å². The minimum Gasteiger partial charge on any atom is -0.316 e. The average molecular weight is 313 g/mol. The molecule has 2 nitrogen and oxygen atoms in total. The Labute approximate surface area is 127 Å². The van der Waals surface area contributed by atoms with E-state index in [2.05, 4.69) is 21.7 Å². The second-order valence-electron chi connectivity index (χ2n) is 4.34. The molecule has 0 aliphatic heterocycles. The van der Waals surface area contributed by atoms with Crippen molar-refractivity contribution in [3.8, 4) is 0 Å². The van der Waals surface area contributed by atoms with Gasteiger partial charge in [0.25, 0.3) is 0 Å². The van der Waals surface area contributed by atoms with Gasteiger partial charge in [-0.1, -0.05) is 17.7 Å². The molecule has 0 amide bonds. The molecule has 1 N–H and O–H groups in total. The maximum Gasteiger partial charge on any atom is 0.0943 e. The zero-order valence-corrected chi connectivity index (χ0v) is 13.4. The lowest BCUT2D eigenvalue weighted by Crippen LogP contribution is -2.30. The Morgan fingerprint density at radius 3 is 2.95 bits per heavy atom. The molecule has 0 aliphatic carbocycles. The Hall–Kier alpha value is -0.550. The van der Waals surface area contributed by atoms with E-state index in [4.69, 9.17) is 11.6 Å². The maximum atomic E-state index is 5.99. The summed E-state index contributed by atoms with van der Waals surface area (Å²) in [5.41, 5.74) is 1.11. The van der Waals surface area contributed by atoms with E-state index in [1.807, 2.05) is 43.9 Å². The van der Waals surface area contributed by atoms with Crippen LogP contribution in [-0.2, 0) is 6.42 Å². The van der Waals surface area contributed by atoms with Crippen molar-refractivity contribution in [1.29, 1.82) is 0 Å². The molecule has 0 aliphatic rings. The van der Waals surface area contributed by atoms with E-state index in [0.29, 0.717) is 6.04 Å². The van der Waals surface area contributed by atoms with Crippen molar-refractivity contribution in [1.82, 2.24) is 10.3 Å². The van der Waals surface area contributed by atoms with Crippen LogP contribution in [0.25, 0.3) is 0 Å². The summed E-state index contributed by atoms with van der Waals surface area (Å²) in [6, 6.07) is 8.42. The molecule has 0 radical (unpaired) electrons. The SMILES string of the molecule is CNC(CSc1cccc(Cl)c1)Cc1nc(C)cs1. The summed E-state index contributed by atoms with van der Waals surface area (Å²) in [4.78, 5) is 5.73. The van der Waals surface area contributed by atoms with Crippen molar-refractivity contribution < 1.29 is 0 Å². The van der Waals surface area contributed by atoms with E-state index in [1.165, 1.54) is 9.90 Å². The zero-order valence-electron chi connectivity index (χ0n) is 11.0. The molecule has 0 spiro atoms. The first-order chi connectivity index (χ1) is 9.17. The Morgan fingerprint density at radius 2 is 2.32 bits per heavy atom. The third kappa shape index (κ3) is 4.80. The molecule has 0 bridgehead atoms. The van der Waals surface area contributed by atoms with E-state index in [-0.39, 0.29) is 0 Å². The highest BCUT2D eigenvalue weighted by molar-refractivity contribution is 7.99. The summed E-state index contributed by atoms with van der Waals surface area (Å²) >= 11 is 9.55. The Morgan fingerprint density at radius 1 is 1.47 bits per heavy atom. The van der Waals surface area contributed by atoms with Crippen LogP contribution in [0.4, 0.5) is 0 Å². The molecule has 0 saturated heterocycles. The van der Waals surface area contributed by atoms with E-state index in [9.17, 15) is 0 Å². The van der Waals surface area contributed by atoms with E-state index < -0.39 is 0 Å². The van der Waals surface area contributed by atoms with Crippen molar-refractivity contribution in [3.05, 3.63) is 45.4 Å². The Kier molecular flexibility index (Phi) is 5.70. The van der Waals surface area contributed by atoms with E-state index in [1.54, 1.807) is 11.3 Å². The molecule has 1 aromatic heterocycles. The molecule has 19 heavy (non-hydrogen) atoms. The van der Waals surface area contributed by atoms with Gasteiger partial charge in [0.05, 0.1) is 5.01 Å². The van der Waals surface area contributed by atoms with Crippen LogP contribution in [0.15, 0.2) is 34.5 Å². The highest BCUT2D eigenvalue weighted by Gasteiger charge is 2.10. The molecule has 1 atom stereocenters. The Bertz CT molecular complexity index is 528. The summed E-state index contributed by atoms with van der Waals surface area (Å²) in [6.07, 6.45) is 0.975. The van der Waals surface area contributed by atoms with Gasteiger partial charge in [-0.3, -0.25) is 0 Å². The van der Waals surface area contributed by atoms with Gasteiger partial charge in [-0.05, 0) is 32.2 Å². The standard InChI is InChI=1S/C14H17ClN2S2/c1-10-8-19-14(17-10)7-12(16-2)9-18-13-5-3-4-11(15)6-13/h3-6,8,12,16H,7,9H2,1-2H3. The number of benzene rings is 1. The predicted octanol–water partition coefficient (Wildman–Crippen LogP) is 4.03. The summed E-state index contributed by atoms with van der Waals surface area (Å²) in [6.45, 7) is 2.04. The van der Waals surface area contributed by atoms with Gasteiger partial charge in [-0.2, -0.15) is 0 Å². The lowest BCUT2D eigenvalue weighted by molar-refractivity contribution is 0.615. The van der Waals surface area contributed by atoms with Gasteiger partial charge in [0, 0.05) is 39.2 Å². The minimum atomic E-state index is 0.425. The number of nitrogens with zero attached hydrogens (tertiary/aromatic N) is 1. The lowest BCUT2D eigenvalue weighted by Gasteiger charge is -2.14. The van der Waals surface area contributed by atoms with E-state index in [0.717, 1.165) is 22.9 Å². The number of likely N-dealkylation sites (N-methyl/N-ethyl adjacent to an activating group) is 1. The summed E-state index contributed by atoms with van der Waals surface area (Å²) in [5.74, 6) is 1.01. The second-order valence-corrected chi connectivity index (χ2v) is 6.81. The molecular formula is C14H17ClN2S2. The highest BCUT2D eigenvalue weighted by atomic mass is 35.5. The average Bonchev–Trinajstić information content (AvgIpc) is 2.80. The fraction of sp³-hybridized carbons (Fsp3) is 0.357. The fourth-order valence-electron chi connectivity index (χ4n) is 1.71. The number of thioether (sulfide) groups is 1. The molecule has 2 aromatic rings. The molecule has 5 heteroatoms. The molecule has 2 rings (SSSR count). The highest BCUT2D eigenvalue weighted by Crippen LogP contribution is 2.23. The quantitative estimate of drug-likeness (QED) is 0.815. The van der Waals surface area contributed by atoms with Crippen molar-refractivity contribution in [3.63, 3.8) is 0 Å². The zero-order chi connectivity index (χ0) is 13.7. The minimum absolute atomic E-state index is 0.425. The number of hydrogen-bond acceptors (Lipinski definition) is 4. The van der Waals surface area contributed by atoms with Crippen molar-refractivity contribution in [2.75, 3.05) is 12.8 Å². The van der Waals surface area contributed by atoms with Crippen LogP contribution in [0.3, 0.4) is 0 Å². The van der Waals surface area contributed by atoms with Gasteiger partial charge in [-0.15, -0.1) is 23.1 Å². The third-order valence-corrected chi connectivity index (χ3v) is 5.12. The van der Waals surface area contributed by atoms with Crippen molar-refractivity contribution in [2.24, 2.45) is 0 Å².